The first-order valence-electron chi connectivity index (χ1n) is 6.25. The lowest BCUT2D eigenvalue weighted by Crippen LogP contribution is -2.31. The van der Waals surface area contributed by atoms with Gasteiger partial charge in [0.15, 0.2) is 5.82 Å². The van der Waals surface area contributed by atoms with Gasteiger partial charge in [-0.1, -0.05) is 30.3 Å². The van der Waals surface area contributed by atoms with E-state index in [1.807, 2.05) is 36.4 Å². The van der Waals surface area contributed by atoms with E-state index in [-0.39, 0.29) is 12.5 Å². The van der Waals surface area contributed by atoms with Crippen molar-refractivity contribution < 1.29 is 4.79 Å². The molecule has 0 saturated carbocycles. The molecule has 1 N–H and O–H groups in total. The molecule has 1 heterocycles. The number of carbonyl (C=O) groups excluding carboxylic acids is 1. The molecule has 1 aromatic carbocycles. The van der Waals surface area contributed by atoms with Crippen LogP contribution in [0.3, 0.4) is 0 Å². The van der Waals surface area contributed by atoms with Crippen molar-refractivity contribution in [1.29, 1.82) is 5.26 Å². The Labute approximate surface area is 117 Å². The molecule has 0 aliphatic rings. The molecule has 102 valence electrons. The van der Waals surface area contributed by atoms with Gasteiger partial charge in [0.25, 0.3) is 0 Å². The van der Waals surface area contributed by atoms with E-state index >= 15 is 0 Å². The molecule has 6 nitrogen and oxygen atoms in total. The van der Waals surface area contributed by atoms with E-state index in [0.29, 0.717) is 12.2 Å². The average Bonchev–Trinajstić information content (AvgIpc) is 2.88. The molecule has 20 heavy (non-hydrogen) atoms. The molecular formula is C14H15N5O. The van der Waals surface area contributed by atoms with Crippen LogP contribution in [0.4, 0.5) is 0 Å². The van der Waals surface area contributed by atoms with Gasteiger partial charge in [-0.2, -0.15) is 5.26 Å². The van der Waals surface area contributed by atoms with E-state index < -0.39 is 5.92 Å². The van der Waals surface area contributed by atoms with E-state index in [0.717, 1.165) is 5.56 Å². The molecule has 0 aliphatic heterocycles. The molecule has 0 saturated heterocycles. The standard InChI is InChI=1S/C14H15N5O/c1-19-10-17-18-13(19)9-16-14(20)12(8-15)7-11-5-3-2-4-6-11/h2-6,10,12H,7,9H2,1H3,(H,16,20). The van der Waals surface area contributed by atoms with Gasteiger partial charge in [-0.3, -0.25) is 4.79 Å². The summed E-state index contributed by atoms with van der Waals surface area (Å²) in [6.45, 7) is 0.266. The molecule has 1 atom stereocenters. The zero-order valence-corrected chi connectivity index (χ0v) is 11.2. The molecule has 0 aliphatic carbocycles. The first-order chi connectivity index (χ1) is 9.70. The van der Waals surface area contributed by atoms with Gasteiger partial charge >= 0.3 is 0 Å². The third-order valence-electron chi connectivity index (χ3n) is 2.98. The zero-order chi connectivity index (χ0) is 14.4. The van der Waals surface area contributed by atoms with Gasteiger partial charge in [0.05, 0.1) is 12.6 Å². The summed E-state index contributed by atoms with van der Waals surface area (Å²) in [4.78, 5) is 12.0. The largest absolute Gasteiger partial charge is 0.348 e. The summed E-state index contributed by atoms with van der Waals surface area (Å²) in [5.41, 5.74) is 0.966. The number of hydrogen-bond donors (Lipinski definition) is 1. The Balaban J connectivity index is 1.93. The quantitative estimate of drug-likeness (QED) is 0.870. The fourth-order valence-electron chi connectivity index (χ4n) is 1.80. The van der Waals surface area contributed by atoms with Gasteiger partial charge in [0.1, 0.15) is 12.2 Å². The molecule has 2 aromatic rings. The number of rotatable bonds is 5. The molecular weight excluding hydrogens is 254 g/mol. The van der Waals surface area contributed by atoms with Crippen LogP contribution in [0.25, 0.3) is 0 Å². The smallest absolute Gasteiger partial charge is 0.238 e. The van der Waals surface area contributed by atoms with E-state index in [4.69, 9.17) is 5.26 Å². The van der Waals surface area contributed by atoms with Gasteiger partial charge < -0.3 is 9.88 Å². The highest BCUT2D eigenvalue weighted by Gasteiger charge is 2.18. The highest BCUT2D eigenvalue weighted by atomic mass is 16.1. The fraction of sp³-hybridized carbons (Fsp3) is 0.286. The Hall–Kier alpha value is -2.68. The zero-order valence-electron chi connectivity index (χ0n) is 11.2. The van der Waals surface area contributed by atoms with Crippen LogP contribution in [0.2, 0.25) is 0 Å². The number of nitrogens with one attached hydrogen (secondary N) is 1. The highest BCUT2D eigenvalue weighted by molar-refractivity contribution is 5.81. The Kier molecular flexibility index (Phi) is 4.45. The van der Waals surface area contributed by atoms with Crippen molar-refractivity contribution in [3.8, 4) is 6.07 Å². The summed E-state index contributed by atoms with van der Waals surface area (Å²) < 4.78 is 1.72. The molecule has 0 fully saturated rings. The van der Waals surface area contributed by atoms with Gasteiger partial charge in [0, 0.05) is 7.05 Å². The van der Waals surface area contributed by atoms with Crippen molar-refractivity contribution in [2.75, 3.05) is 0 Å². The van der Waals surface area contributed by atoms with Crippen LogP contribution in [-0.4, -0.2) is 20.7 Å². The van der Waals surface area contributed by atoms with Crippen LogP contribution in [0.5, 0.6) is 0 Å². The van der Waals surface area contributed by atoms with Crippen molar-refractivity contribution in [2.45, 2.75) is 13.0 Å². The third-order valence-corrected chi connectivity index (χ3v) is 2.98. The molecule has 1 aromatic heterocycles. The Morgan fingerprint density at radius 3 is 2.80 bits per heavy atom. The van der Waals surface area contributed by atoms with Crippen molar-refractivity contribution >= 4 is 5.91 Å². The molecule has 2 rings (SSSR count). The van der Waals surface area contributed by atoms with Crippen LogP contribution in [0.15, 0.2) is 36.7 Å². The summed E-state index contributed by atoms with van der Waals surface area (Å²) in [6, 6.07) is 11.5. The average molecular weight is 269 g/mol. The van der Waals surface area contributed by atoms with Gasteiger partial charge in [0.2, 0.25) is 5.91 Å². The summed E-state index contributed by atoms with van der Waals surface area (Å²) in [5, 5.41) is 19.4. The summed E-state index contributed by atoms with van der Waals surface area (Å²) in [7, 11) is 1.80. The van der Waals surface area contributed by atoms with E-state index in [1.54, 1.807) is 17.9 Å². The van der Waals surface area contributed by atoms with E-state index in [1.165, 1.54) is 0 Å². The van der Waals surface area contributed by atoms with Crippen LogP contribution in [0, 0.1) is 17.2 Å². The number of carbonyl (C=O) groups is 1. The second-order valence-corrected chi connectivity index (χ2v) is 4.45. The third kappa shape index (κ3) is 3.42. The maximum absolute atomic E-state index is 12.0. The lowest BCUT2D eigenvalue weighted by molar-refractivity contribution is -0.123. The van der Waals surface area contributed by atoms with Crippen molar-refractivity contribution in [2.24, 2.45) is 13.0 Å². The predicted molar refractivity (Wildman–Crippen MR) is 72.1 cm³/mol. The van der Waals surface area contributed by atoms with Crippen molar-refractivity contribution in [3.05, 3.63) is 48.0 Å². The number of hydrogen-bond acceptors (Lipinski definition) is 4. The minimum absolute atomic E-state index is 0.266. The number of aromatic nitrogens is 3. The maximum Gasteiger partial charge on any atom is 0.238 e. The molecule has 1 amide bonds. The monoisotopic (exact) mass is 269 g/mol. The lowest BCUT2D eigenvalue weighted by atomic mass is 10.00. The van der Waals surface area contributed by atoms with E-state index in [9.17, 15) is 4.79 Å². The molecule has 0 bridgehead atoms. The number of nitrogens with zero attached hydrogens (tertiary/aromatic N) is 4. The SMILES string of the molecule is Cn1cnnc1CNC(=O)C(C#N)Cc1ccccc1. The molecule has 6 heteroatoms. The molecule has 1 unspecified atom stereocenters. The summed E-state index contributed by atoms with van der Waals surface area (Å²) in [5.74, 6) is -0.347. The number of benzene rings is 1. The van der Waals surface area contributed by atoms with Crippen molar-refractivity contribution in [1.82, 2.24) is 20.1 Å². The second-order valence-electron chi connectivity index (χ2n) is 4.45. The molecule has 0 spiro atoms. The molecule has 0 radical (unpaired) electrons. The van der Waals surface area contributed by atoms with Gasteiger partial charge in [-0.05, 0) is 12.0 Å². The summed E-state index contributed by atoms with van der Waals surface area (Å²) in [6.07, 6.45) is 1.97. The minimum atomic E-state index is -0.703. The number of aryl methyl sites for hydroxylation is 1. The van der Waals surface area contributed by atoms with Gasteiger partial charge in [-0.15, -0.1) is 10.2 Å². The number of amides is 1. The van der Waals surface area contributed by atoms with Gasteiger partial charge in [-0.25, -0.2) is 0 Å². The lowest BCUT2D eigenvalue weighted by Gasteiger charge is -2.10. The van der Waals surface area contributed by atoms with E-state index in [2.05, 4.69) is 15.5 Å². The van der Waals surface area contributed by atoms with Crippen LogP contribution in [-0.2, 0) is 24.8 Å². The van der Waals surface area contributed by atoms with Crippen LogP contribution >= 0.6 is 0 Å². The fourth-order valence-corrected chi connectivity index (χ4v) is 1.80. The topological polar surface area (TPSA) is 83.6 Å². The van der Waals surface area contributed by atoms with Crippen LogP contribution < -0.4 is 5.32 Å². The second kappa shape index (κ2) is 6.48. The maximum atomic E-state index is 12.0. The minimum Gasteiger partial charge on any atom is -0.348 e. The number of nitriles is 1. The van der Waals surface area contributed by atoms with Crippen LogP contribution in [0.1, 0.15) is 11.4 Å². The van der Waals surface area contributed by atoms with Crippen molar-refractivity contribution in [3.63, 3.8) is 0 Å². The first kappa shape index (κ1) is 13.7. The Morgan fingerprint density at radius 1 is 1.45 bits per heavy atom. The summed E-state index contributed by atoms with van der Waals surface area (Å²) >= 11 is 0. The predicted octanol–water partition coefficient (Wildman–Crippen LogP) is 0.814. The normalized spacial score (nSPS) is 11.6. The highest BCUT2D eigenvalue weighted by Crippen LogP contribution is 2.08. The first-order valence-corrected chi connectivity index (χ1v) is 6.25. The Bertz CT molecular complexity index is 614. The Morgan fingerprint density at radius 2 is 2.20 bits per heavy atom.